The van der Waals surface area contributed by atoms with Crippen molar-refractivity contribution in [3.63, 3.8) is 0 Å². The second-order valence-electron chi connectivity index (χ2n) is 5.73. The summed E-state index contributed by atoms with van der Waals surface area (Å²) in [5.74, 6) is -0.316. The fraction of sp³-hybridized carbons (Fsp3) is 0.444. The molecule has 22 heavy (non-hydrogen) atoms. The molecule has 0 fully saturated rings. The number of allylic oxidation sites excluding steroid dienone is 2. The van der Waals surface area contributed by atoms with Crippen LogP contribution in [0.15, 0.2) is 36.4 Å². The first-order chi connectivity index (χ1) is 10.6. The van der Waals surface area contributed by atoms with Gasteiger partial charge in [-0.25, -0.2) is 0 Å². The highest BCUT2D eigenvalue weighted by Crippen LogP contribution is 2.22. The topological polar surface area (TPSA) is 55.4 Å². The number of rotatable bonds is 5. The van der Waals surface area contributed by atoms with E-state index in [1.165, 1.54) is 7.11 Å². The lowest BCUT2D eigenvalue weighted by atomic mass is 9.92. The number of hydrogen-bond donors (Lipinski definition) is 1. The Kier molecular flexibility index (Phi) is 5.75. The monoisotopic (exact) mass is 301 g/mol. The van der Waals surface area contributed by atoms with Gasteiger partial charge in [-0.1, -0.05) is 42.0 Å². The minimum atomic E-state index is -0.341. The van der Waals surface area contributed by atoms with Crippen LogP contribution in [0.4, 0.5) is 0 Å². The second kappa shape index (κ2) is 7.78. The number of esters is 1. The molecular formula is C18H23NO3. The van der Waals surface area contributed by atoms with Crippen LogP contribution in [0, 0.1) is 12.8 Å². The zero-order chi connectivity index (χ0) is 15.9. The van der Waals surface area contributed by atoms with E-state index in [-0.39, 0.29) is 30.3 Å². The van der Waals surface area contributed by atoms with Gasteiger partial charge in [0.15, 0.2) is 0 Å². The molecule has 1 amide bonds. The molecule has 2 rings (SSSR count). The Bertz CT molecular complexity index is 548. The first-order valence-electron chi connectivity index (χ1n) is 7.69. The summed E-state index contributed by atoms with van der Waals surface area (Å²) in [6, 6.07) is 7.52. The van der Waals surface area contributed by atoms with E-state index in [1.807, 2.05) is 31.2 Å². The molecule has 0 saturated carbocycles. The number of aryl methyl sites for hydroxylation is 1. The summed E-state index contributed by atoms with van der Waals surface area (Å²) in [5.41, 5.74) is 2.07. The molecule has 4 nitrogen and oxygen atoms in total. The van der Waals surface area contributed by atoms with Gasteiger partial charge in [-0.2, -0.15) is 0 Å². The first kappa shape index (κ1) is 16.3. The third kappa shape index (κ3) is 4.45. The summed E-state index contributed by atoms with van der Waals surface area (Å²) in [6.07, 6.45) is 6.87. The van der Waals surface area contributed by atoms with Crippen molar-refractivity contribution in [2.75, 3.05) is 7.11 Å². The van der Waals surface area contributed by atoms with E-state index in [9.17, 15) is 9.59 Å². The van der Waals surface area contributed by atoms with Gasteiger partial charge in [0.25, 0.3) is 0 Å². The Labute approximate surface area is 131 Å². The molecule has 0 heterocycles. The van der Waals surface area contributed by atoms with Crippen LogP contribution < -0.4 is 5.32 Å². The van der Waals surface area contributed by atoms with Crippen molar-refractivity contribution in [1.29, 1.82) is 0 Å². The Hall–Kier alpha value is -2.10. The highest BCUT2D eigenvalue weighted by molar-refractivity contribution is 5.80. The van der Waals surface area contributed by atoms with Crippen molar-refractivity contribution in [2.45, 2.75) is 38.6 Å². The standard InChI is InChI=1S/C18H23NO3/c1-13-8-10-14(11-9-13)16(12-17(20)22-2)19-18(21)15-6-4-3-5-7-15/h3-4,8-11,15-16H,5-7,12H2,1-2H3,(H,19,21)/t15-,16-/m0/s1. The number of methoxy groups -OCH3 is 1. The van der Waals surface area contributed by atoms with E-state index < -0.39 is 0 Å². The highest BCUT2D eigenvalue weighted by atomic mass is 16.5. The molecule has 2 atom stereocenters. The average Bonchev–Trinajstić information content (AvgIpc) is 2.55. The van der Waals surface area contributed by atoms with E-state index in [0.29, 0.717) is 0 Å². The van der Waals surface area contributed by atoms with Gasteiger partial charge < -0.3 is 10.1 Å². The normalized spacial score (nSPS) is 18.5. The largest absolute Gasteiger partial charge is 0.469 e. The molecule has 1 aromatic carbocycles. The van der Waals surface area contributed by atoms with Gasteiger partial charge in [0.1, 0.15) is 0 Å². The fourth-order valence-corrected chi connectivity index (χ4v) is 2.62. The van der Waals surface area contributed by atoms with Crippen LogP contribution >= 0.6 is 0 Å². The Balaban J connectivity index is 2.09. The van der Waals surface area contributed by atoms with E-state index in [1.54, 1.807) is 0 Å². The zero-order valence-electron chi connectivity index (χ0n) is 13.2. The van der Waals surface area contributed by atoms with Gasteiger partial charge in [0.05, 0.1) is 19.6 Å². The molecule has 1 N–H and O–H groups in total. The molecule has 0 saturated heterocycles. The van der Waals surface area contributed by atoms with Gasteiger partial charge in [-0.05, 0) is 31.7 Å². The molecule has 0 spiro atoms. The van der Waals surface area contributed by atoms with Crippen LogP contribution in [0.1, 0.15) is 42.9 Å². The summed E-state index contributed by atoms with van der Waals surface area (Å²) in [6.45, 7) is 2.01. The molecule has 1 aliphatic rings. The lowest BCUT2D eigenvalue weighted by Gasteiger charge is -2.23. The smallest absolute Gasteiger partial charge is 0.307 e. The van der Waals surface area contributed by atoms with Gasteiger partial charge in [0.2, 0.25) is 5.91 Å². The van der Waals surface area contributed by atoms with Gasteiger partial charge in [0, 0.05) is 5.92 Å². The first-order valence-corrected chi connectivity index (χ1v) is 7.69. The molecule has 118 valence electrons. The maximum atomic E-state index is 12.4. The number of hydrogen-bond acceptors (Lipinski definition) is 3. The van der Waals surface area contributed by atoms with Crippen LogP contribution in [0.2, 0.25) is 0 Å². The molecular weight excluding hydrogens is 278 g/mol. The maximum absolute atomic E-state index is 12.4. The molecule has 1 aromatic rings. The van der Waals surface area contributed by atoms with Crippen LogP contribution in [0.3, 0.4) is 0 Å². The fourth-order valence-electron chi connectivity index (χ4n) is 2.62. The van der Waals surface area contributed by atoms with Crippen LogP contribution in [0.25, 0.3) is 0 Å². The van der Waals surface area contributed by atoms with E-state index in [4.69, 9.17) is 4.74 Å². The predicted molar refractivity (Wildman–Crippen MR) is 85.2 cm³/mol. The molecule has 0 aromatic heterocycles. The average molecular weight is 301 g/mol. The van der Waals surface area contributed by atoms with Crippen molar-refractivity contribution in [1.82, 2.24) is 5.32 Å². The maximum Gasteiger partial charge on any atom is 0.307 e. The quantitative estimate of drug-likeness (QED) is 0.671. The number of carbonyl (C=O) groups is 2. The highest BCUT2D eigenvalue weighted by Gasteiger charge is 2.24. The lowest BCUT2D eigenvalue weighted by Crippen LogP contribution is -2.35. The van der Waals surface area contributed by atoms with E-state index in [2.05, 4.69) is 17.5 Å². The van der Waals surface area contributed by atoms with Gasteiger partial charge in [-0.3, -0.25) is 9.59 Å². The summed E-state index contributed by atoms with van der Waals surface area (Å²) in [4.78, 5) is 24.1. The van der Waals surface area contributed by atoms with Crippen LogP contribution in [-0.4, -0.2) is 19.0 Å². The molecule has 0 unspecified atom stereocenters. The van der Waals surface area contributed by atoms with Crippen molar-refractivity contribution in [3.8, 4) is 0 Å². The molecule has 1 aliphatic carbocycles. The summed E-state index contributed by atoms with van der Waals surface area (Å²) in [5, 5.41) is 3.01. The van der Waals surface area contributed by atoms with Crippen molar-refractivity contribution >= 4 is 11.9 Å². The van der Waals surface area contributed by atoms with E-state index in [0.717, 1.165) is 30.4 Å². The third-order valence-corrected chi connectivity index (χ3v) is 4.03. The Morgan fingerprint density at radius 2 is 2.00 bits per heavy atom. The number of carbonyl (C=O) groups excluding carboxylic acids is 2. The molecule has 0 bridgehead atoms. The summed E-state index contributed by atoms with van der Waals surface area (Å²) in [7, 11) is 1.36. The van der Waals surface area contributed by atoms with Crippen LogP contribution in [0.5, 0.6) is 0 Å². The van der Waals surface area contributed by atoms with Crippen molar-refractivity contribution < 1.29 is 14.3 Å². The minimum Gasteiger partial charge on any atom is -0.469 e. The van der Waals surface area contributed by atoms with Crippen molar-refractivity contribution in [2.24, 2.45) is 5.92 Å². The van der Waals surface area contributed by atoms with E-state index >= 15 is 0 Å². The SMILES string of the molecule is COC(=O)C[C@H](NC(=O)[C@H]1CC=CCC1)c1ccc(C)cc1. The second-order valence-corrected chi connectivity index (χ2v) is 5.73. The number of nitrogens with one attached hydrogen (secondary N) is 1. The van der Waals surface area contributed by atoms with Crippen molar-refractivity contribution in [3.05, 3.63) is 47.5 Å². The predicted octanol–water partition coefficient (Wildman–Crippen LogP) is 3.07. The van der Waals surface area contributed by atoms with Gasteiger partial charge in [-0.15, -0.1) is 0 Å². The molecule has 0 aliphatic heterocycles. The zero-order valence-corrected chi connectivity index (χ0v) is 13.2. The van der Waals surface area contributed by atoms with Crippen LogP contribution in [-0.2, 0) is 14.3 Å². The minimum absolute atomic E-state index is 0.00408. The molecule has 0 radical (unpaired) electrons. The Morgan fingerprint density at radius 3 is 2.59 bits per heavy atom. The van der Waals surface area contributed by atoms with Gasteiger partial charge >= 0.3 is 5.97 Å². The lowest BCUT2D eigenvalue weighted by molar-refractivity contribution is -0.141. The summed E-state index contributed by atoms with van der Waals surface area (Å²) < 4.78 is 4.75. The third-order valence-electron chi connectivity index (χ3n) is 4.03. The Morgan fingerprint density at radius 1 is 1.27 bits per heavy atom. The number of amides is 1. The molecule has 4 heteroatoms. The summed E-state index contributed by atoms with van der Waals surface area (Å²) >= 11 is 0. The number of benzene rings is 1. The number of ether oxygens (including phenoxy) is 1.